The number of fused-ring (bicyclic) bond motifs is 1. The molecule has 3 aromatic rings. The summed E-state index contributed by atoms with van der Waals surface area (Å²) < 4.78 is 27.4. The summed E-state index contributed by atoms with van der Waals surface area (Å²) in [7, 11) is 2.10. The number of hydrogen-bond acceptors (Lipinski definition) is 4. The fourth-order valence-electron chi connectivity index (χ4n) is 5.06. The maximum absolute atomic E-state index is 13.9. The van der Waals surface area contributed by atoms with Gasteiger partial charge in [0.1, 0.15) is 11.6 Å². The molecule has 3 aliphatic heterocycles. The van der Waals surface area contributed by atoms with E-state index in [1.165, 1.54) is 35.4 Å². The van der Waals surface area contributed by atoms with Crippen LogP contribution in [0.25, 0.3) is 11.8 Å². The monoisotopic (exact) mass is 497 g/mol. The molecule has 0 saturated heterocycles. The van der Waals surface area contributed by atoms with Gasteiger partial charge in [-0.15, -0.1) is 0 Å². The molecule has 0 amide bonds. The third-order valence-corrected chi connectivity index (χ3v) is 7.61. The van der Waals surface area contributed by atoms with E-state index in [2.05, 4.69) is 59.5 Å². The number of halogens is 2. The Bertz CT molecular complexity index is 1440. The van der Waals surface area contributed by atoms with Gasteiger partial charge in [0.15, 0.2) is 5.17 Å². The average Bonchev–Trinajstić information content (AvgIpc) is 3.29. The maximum Gasteiger partial charge on any atom is 0.174 e. The highest BCUT2D eigenvalue weighted by Crippen LogP contribution is 2.49. The second-order valence-corrected chi connectivity index (χ2v) is 10.3. The van der Waals surface area contributed by atoms with Crippen LogP contribution in [0, 0.1) is 18.6 Å². The highest BCUT2D eigenvalue weighted by atomic mass is 32.2. The number of thioether (sulfide) groups is 1. The van der Waals surface area contributed by atoms with Gasteiger partial charge in [0.25, 0.3) is 0 Å². The average molecular weight is 498 g/mol. The van der Waals surface area contributed by atoms with Gasteiger partial charge in [-0.1, -0.05) is 65.9 Å². The zero-order chi connectivity index (χ0) is 24.8. The Hall–Kier alpha value is -3.48. The third kappa shape index (κ3) is 4.21. The van der Waals surface area contributed by atoms with Crippen molar-refractivity contribution in [1.82, 2.24) is 9.80 Å². The van der Waals surface area contributed by atoms with Gasteiger partial charge in [-0.2, -0.15) is 0 Å². The van der Waals surface area contributed by atoms with Gasteiger partial charge in [-0.25, -0.2) is 13.8 Å². The Morgan fingerprint density at radius 3 is 2.25 bits per heavy atom. The number of likely N-dealkylation sites (N-methyl/N-ethyl adjacent to an activating group) is 1. The Kier molecular flexibility index (Phi) is 5.86. The third-order valence-electron chi connectivity index (χ3n) is 6.77. The minimum atomic E-state index is -0.250. The number of aliphatic imine (C=N–C) groups is 1. The van der Waals surface area contributed by atoms with Crippen molar-refractivity contribution in [2.24, 2.45) is 4.99 Å². The van der Waals surface area contributed by atoms with Gasteiger partial charge in [-0.3, -0.25) is 4.90 Å². The number of aryl methyl sites for hydroxylation is 1. The van der Waals surface area contributed by atoms with Crippen molar-refractivity contribution in [2.45, 2.75) is 13.0 Å². The standard InChI is InChI=1S/C30H25F2N3S/c1-19-3-7-21(8-4-19)27-18-36-30-33-28-23(15-20-5-11-24(31)12-6-20)16-34(2)17-26(28)29(35(27)30)22-9-13-25(32)14-10-22/h3-15,18,29H,16-17H2,1-2H3. The Balaban J connectivity index is 1.50. The molecule has 0 aromatic heterocycles. The molecular formula is C30H25F2N3S. The summed E-state index contributed by atoms with van der Waals surface area (Å²) in [6, 6.07) is 21.8. The Morgan fingerprint density at radius 2 is 1.56 bits per heavy atom. The highest BCUT2D eigenvalue weighted by molar-refractivity contribution is 8.16. The predicted octanol–water partition coefficient (Wildman–Crippen LogP) is 7.01. The minimum Gasteiger partial charge on any atom is -0.308 e. The summed E-state index contributed by atoms with van der Waals surface area (Å²) in [6.07, 6.45) is 2.10. The lowest BCUT2D eigenvalue weighted by Crippen LogP contribution is -2.40. The summed E-state index contributed by atoms with van der Waals surface area (Å²) in [6.45, 7) is 3.57. The predicted molar refractivity (Wildman–Crippen MR) is 144 cm³/mol. The second kappa shape index (κ2) is 9.19. The molecule has 3 aliphatic rings. The van der Waals surface area contributed by atoms with Crippen LogP contribution in [-0.2, 0) is 0 Å². The van der Waals surface area contributed by atoms with E-state index in [1.54, 1.807) is 23.9 Å². The van der Waals surface area contributed by atoms with Crippen LogP contribution in [0.2, 0.25) is 0 Å². The number of rotatable bonds is 3. The smallest absolute Gasteiger partial charge is 0.174 e. The van der Waals surface area contributed by atoms with Crippen molar-refractivity contribution >= 4 is 28.7 Å². The SMILES string of the molecule is Cc1ccc(C2=CSC3=NC4=C(CN(C)CC4=Cc4ccc(F)cc4)C(c4ccc(F)cc4)N23)cc1. The molecule has 0 bridgehead atoms. The molecule has 180 valence electrons. The van der Waals surface area contributed by atoms with Gasteiger partial charge in [0.05, 0.1) is 17.4 Å². The van der Waals surface area contributed by atoms with E-state index < -0.39 is 0 Å². The molecule has 0 spiro atoms. The minimum absolute atomic E-state index is 0.116. The number of amidine groups is 1. The largest absolute Gasteiger partial charge is 0.308 e. The lowest BCUT2D eigenvalue weighted by atomic mass is 9.88. The summed E-state index contributed by atoms with van der Waals surface area (Å²) in [4.78, 5) is 9.73. The molecule has 3 nitrogen and oxygen atoms in total. The summed E-state index contributed by atoms with van der Waals surface area (Å²) in [5.74, 6) is -0.500. The van der Waals surface area contributed by atoms with Crippen LogP contribution in [0.1, 0.15) is 28.3 Å². The zero-order valence-electron chi connectivity index (χ0n) is 20.1. The fraction of sp³-hybridized carbons (Fsp3) is 0.167. The molecule has 36 heavy (non-hydrogen) atoms. The van der Waals surface area contributed by atoms with Crippen molar-refractivity contribution in [3.63, 3.8) is 0 Å². The summed E-state index contributed by atoms with van der Waals surface area (Å²) >= 11 is 1.62. The molecule has 6 rings (SSSR count). The van der Waals surface area contributed by atoms with E-state index in [9.17, 15) is 8.78 Å². The van der Waals surface area contributed by atoms with Gasteiger partial charge in [0.2, 0.25) is 0 Å². The van der Waals surface area contributed by atoms with Gasteiger partial charge in [-0.05, 0) is 72.1 Å². The van der Waals surface area contributed by atoms with Crippen LogP contribution in [0.15, 0.2) is 100 Å². The van der Waals surface area contributed by atoms with E-state index in [-0.39, 0.29) is 17.7 Å². The van der Waals surface area contributed by atoms with Crippen molar-refractivity contribution in [3.05, 3.63) is 129 Å². The van der Waals surface area contributed by atoms with Crippen molar-refractivity contribution in [3.8, 4) is 0 Å². The maximum atomic E-state index is 13.9. The van der Waals surface area contributed by atoms with Crippen molar-refractivity contribution in [2.75, 3.05) is 20.1 Å². The molecule has 0 N–H and O–H groups in total. The first-order chi connectivity index (χ1) is 17.5. The first-order valence-electron chi connectivity index (χ1n) is 11.9. The first-order valence-corrected chi connectivity index (χ1v) is 12.8. The summed E-state index contributed by atoms with van der Waals surface area (Å²) in [5, 5.41) is 3.07. The van der Waals surface area contributed by atoms with E-state index in [4.69, 9.17) is 4.99 Å². The molecule has 3 aromatic carbocycles. The van der Waals surface area contributed by atoms with Crippen LogP contribution >= 0.6 is 11.8 Å². The van der Waals surface area contributed by atoms with E-state index in [1.807, 2.05) is 12.1 Å². The second-order valence-electron chi connectivity index (χ2n) is 9.47. The van der Waals surface area contributed by atoms with Crippen LogP contribution in [0.5, 0.6) is 0 Å². The molecule has 6 heteroatoms. The highest BCUT2D eigenvalue weighted by Gasteiger charge is 2.41. The first kappa shape index (κ1) is 23.0. The lowest BCUT2D eigenvalue weighted by molar-refractivity contribution is 0.344. The zero-order valence-corrected chi connectivity index (χ0v) is 20.9. The molecule has 0 fully saturated rings. The van der Waals surface area contributed by atoms with Gasteiger partial charge >= 0.3 is 0 Å². The lowest BCUT2D eigenvalue weighted by Gasteiger charge is -2.42. The van der Waals surface area contributed by atoms with Crippen LogP contribution in [-0.4, -0.2) is 35.1 Å². The fourth-order valence-corrected chi connectivity index (χ4v) is 5.99. The molecular weight excluding hydrogens is 472 g/mol. The molecule has 1 atom stereocenters. The van der Waals surface area contributed by atoms with Gasteiger partial charge < -0.3 is 4.90 Å². The van der Waals surface area contributed by atoms with Crippen molar-refractivity contribution < 1.29 is 8.78 Å². The van der Waals surface area contributed by atoms with Crippen LogP contribution in [0.4, 0.5) is 8.78 Å². The quantitative estimate of drug-likeness (QED) is 0.388. The molecule has 1 unspecified atom stereocenters. The number of nitrogens with zero attached hydrogens (tertiary/aromatic N) is 3. The molecule has 0 radical (unpaired) electrons. The molecule has 0 saturated carbocycles. The van der Waals surface area contributed by atoms with E-state index in [0.717, 1.165) is 51.9 Å². The van der Waals surface area contributed by atoms with Crippen LogP contribution < -0.4 is 0 Å². The normalized spacial score (nSPS) is 20.8. The molecule has 3 heterocycles. The van der Waals surface area contributed by atoms with Gasteiger partial charge in [0, 0.05) is 18.5 Å². The van der Waals surface area contributed by atoms with E-state index in [0.29, 0.717) is 0 Å². The number of hydrogen-bond donors (Lipinski definition) is 0. The van der Waals surface area contributed by atoms with Crippen LogP contribution in [0.3, 0.4) is 0 Å². The topological polar surface area (TPSA) is 18.8 Å². The Labute approximate surface area is 214 Å². The van der Waals surface area contributed by atoms with E-state index >= 15 is 0 Å². The summed E-state index contributed by atoms with van der Waals surface area (Å²) in [5.41, 5.74) is 8.63. The molecule has 0 aliphatic carbocycles. The van der Waals surface area contributed by atoms with Crippen molar-refractivity contribution in [1.29, 1.82) is 0 Å². The Morgan fingerprint density at radius 1 is 0.889 bits per heavy atom. The number of benzene rings is 3.